The lowest BCUT2D eigenvalue weighted by atomic mass is 10.00. The molecular formula is C28H31NO4S. The van der Waals surface area contributed by atoms with E-state index in [1.54, 1.807) is 42.1 Å². The summed E-state index contributed by atoms with van der Waals surface area (Å²) in [5.41, 5.74) is 2.01. The van der Waals surface area contributed by atoms with Gasteiger partial charge < -0.3 is 19.7 Å². The predicted molar refractivity (Wildman–Crippen MR) is 135 cm³/mol. The van der Waals surface area contributed by atoms with Crippen LogP contribution in [-0.4, -0.2) is 40.9 Å². The van der Waals surface area contributed by atoms with Crippen LogP contribution in [0.25, 0.3) is 0 Å². The van der Waals surface area contributed by atoms with Crippen molar-refractivity contribution in [1.29, 1.82) is 0 Å². The van der Waals surface area contributed by atoms with Gasteiger partial charge in [-0.25, -0.2) is 0 Å². The van der Waals surface area contributed by atoms with Gasteiger partial charge in [0.1, 0.15) is 35.7 Å². The zero-order valence-corrected chi connectivity index (χ0v) is 20.4. The summed E-state index contributed by atoms with van der Waals surface area (Å²) in [6.45, 7) is 7.39. The Morgan fingerprint density at radius 2 is 1.76 bits per heavy atom. The van der Waals surface area contributed by atoms with Gasteiger partial charge in [-0.05, 0) is 79.4 Å². The van der Waals surface area contributed by atoms with Crippen LogP contribution in [0, 0.1) is 5.92 Å². The van der Waals surface area contributed by atoms with E-state index in [1.807, 2.05) is 24.3 Å². The number of thioether (sulfide) groups is 1. The van der Waals surface area contributed by atoms with Gasteiger partial charge in [-0.3, -0.25) is 4.90 Å². The number of likely N-dealkylation sites (tertiary alicyclic amines) is 1. The Kier molecular flexibility index (Phi) is 6.61. The fourth-order valence-electron chi connectivity index (χ4n) is 4.79. The molecule has 34 heavy (non-hydrogen) atoms. The molecule has 0 amide bonds. The van der Waals surface area contributed by atoms with Crippen LogP contribution in [0.3, 0.4) is 0 Å². The molecule has 3 aromatic carbocycles. The summed E-state index contributed by atoms with van der Waals surface area (Å²) in [5.74, 6) is 2.79. The number of hydrogen-bond donors (Lipinski definition) is 2. The van der Waals surface area contributed by atoms with Crippen LogP contribution < -0.4 is 9.47 Å². The molecule has 0 bridgehead atoms. The molecule has 0 saturated carbocycles. The molecule has 0 unspecified atom stereocenters. The summed E-state index contributed by atoms with van der Waals surface area (Å²) in [6.07, 6.45) is 1.02. The van der Waals surface area contributed by atoms with Crippen molar-refractivity contribution >= 4 is 11.8 Å². The van der Waals surface area contributed by atoms with Gasteiger partial charge in [0.2, 0.25) is 0 Å². The zero-order chi connectivity index (χ0) is 23.7. The van der Waals surface area contributed by atoms with Crippen molar-refractivity contribution in [3.63, 3.8) is 0 Å². The van der Waals surface area contributed by atoms with Gasteiger partial charge in [0.05, 0.1) is 10.1 Å². The molecule has 1 fully saturated rings. The molecule has 178 valence electrons. The van der Waals surface area contributed by atoms with Crippen molar-refractivity contribution in [2.75, 3.05) is 19.7 Å². The smallest absolute Gasteiger partial charge is 0.140 e. The number of rotatable bonds is 6. The van der Waals surface area contributed by atoms with Gasteiger partial charge in [-0.2, -0.15) is 0 Å². The van der Waals surface area contributed by atoms with Gasteiger partial charge in [0.25, 0.3) is 0 Å². The van der Waals surface area contributed by atoms with Gasteiger partial charge in [-0.1, -0.05) is 31.2 Å². The van der Waals surface area contributed by atoms with Crippen molar-refractivity contribution < 1.29 is 19.7 Å². The third kappa shape index (κ3) is 4.84. The van der Waals surface area contributed by atoms with E-state index >= 15 is 0 Å². The van der Waals surface area contributed by atoms with E-state index in [9.17, 15) is 10.2 Å². The summed E-state index contributed by atoms with van der Waals surface area (Å²) < 4.78 is 12.5. The molecule has 0 radical (unpaired) electrons. The van der Waals surface area contributed by atoms with E-state index in [1.165, 1.54) is 6.42 Å². The maximum Gasteiger partial charge on any atom is 0.140 e. The Bertz CT molecular complexity index is 1140. The molecule has 0 spiro atoms. The third-order valence-corrected chi connectivity index (χ3v) is 8.38. The summed E-state index contributed by atoms with van der Waals surface area (Å²) in [6, 6.07) is 21.2. The van der Waals surface area contributed by atoms with Crippen molar-refractivity contribution in [2.24, 2.45) is 5.92 Å². The molecule has 6 heteroatoms. The highest BCUT2D eigenvalue weighted by atomic mass is 32.2. The van der Waals surface area contributed by atoms with E-state index in [0.29, 0.717) is 12.6 Å². The second-order valence-electron chi connectivity index (χ2n) is 9.26. The quantitative estimate of drug-likeness (QED) is 0.442. The molecule has 5 nitrogen and oxygen atoms in total. The van der Waals surface area contributed by atoms with Crippen molar-refractivity contribution in [1.82, 2.24) is 4.90 Å². The Labute approximate surface area is 205 Å². The van der Waals surface area contributed by atoms with E-state index in [0.717, 1.165) is 46.5 Å². The van der Waals surface area contributed by atoms with E-state index in [-0.39, 0.29) is 22.9 Å². The minimum Gasteiger partial charge on any atom is -0.508 e. The second-order valence-corrected chi connectivity index (χ2v) is 10.4. The Balaban J connectivity index is 1.32. The third-order valence-electron chi connectivity index (χ3n) is 7.04. The second kappa shape index (κ2) is 9.80. The fourth-order valence-corrected chi connectivity index (χ4v) is 6.11. The van der Waals surface area contributed by atoms with Gasteiger partial charge >= 0.3 is 0 Å². The lowest BCUT2D eigenvalue weighted by Crippen LogP contribution is -2.33. The molecule has 0 aliphatic carbocycles. The Morgan fingerprint density at radius 1 is 0.971 bits per heavy atom. The van der Waals surface area contributed by atoms with Crippen molar-refractivity contribution in [3.8, 4) is 23.0 Å². The number of phenolic OH excluding ortho intramolecular Hbond substituents is 2. The van der Waals surface area contributed by atoms with Gasteiger partial charge in [-0.15, -0.1) is 11.8 Å². The number of fused-ring (bicyclic) bond motifs is 1. The zero-order valence-electron chi connectivity index (χ0n) is 19.6. The first kappa shape index (κ1) is 22.9. The number of benzene rings is 3. The van der Waals surface area contributed by atoms with E-state index < -0.39 is 0 Å². The fraction of sp³-hybridized carbons (Fsp3) is 0.357. The first-order valence-electron chi connectivity index (χ1n) is 11.9. The molecule has 0 aromatic heterocycles. The lowest BCUT2D eigenvalue weighted by molar-refractivity contribution is 0.189. The number of aromatic hydroxyl groups is 2. The topological polar surface area (TPSA) is 62.2 Å². The SMILES string of the molecule is C[C@H]1CCN(CCOc2ccc([C@@H]3Oc4ccc(O)cc4S[C@@H]3c3cccc(O)c3)cc2)[C@H]1C. The highest BCUT2D eigenvalue weighted by Crippen LogP contribution is 2.54. The van der Waals surface area contributed by atoms with Crippen LogP contribution in [0.15, 0.2) is 71.6 Å². The molecule has 1 saturated heterocycles. The van der Waals surface area contributed by atoms with Crippen LogP contribution in [0.1, 0.15) is 42.7 Å². The van der Waals surface area contributed by atoms with Crippen molar-refractivity contribution in [3.05, 3.63) is 77.9 Å². The number of phenols is 2. The standard InChI is InChI=1S/C28H31NO4S/c1-18-12-13-29(19(18)2)14-15-32-24-9-6-20(7-10-24)27-28(21-4-3-5-22(30)16-21)34-26-17-23(31)8-11-25(26)33-27/h3-11,16-19,27-28,30-31H,12-15H2,1-2H3/t18-,19-,27-,28+/m0/s1. The minimum absolute atomic E-state index is 0.0770. The largest absolute Gasteiger partial charge is 0.508 e. The highest BCUT2D eigenvalue weighted by Gasteiger charge is 2.34. The molecule has 5 rings (SSSR count). The van der Waals surface area contributed by atoms with Crippen LogP contribution >= 0.6 is 11.8 Å². The minimum atomic E-state index is -0.246. The number of hydrogen-bond acceptors (Lipinski definition) is 6. The number of nitrogens with zero attached hydrogens (tertiary/aromatic N) is 1. The molecule has 2 heterocycles. The summed E-state index contributed by atoms with van der Waals surface area (Å²) in [4.78, 5) is 3.39. The maximum atomic E-state index is 10.1. The van der Waals surface area contributed by atoms with Gasteiger partial charge in [0.15, 0.2) is 0 Å². The first-order chi connectivity index (χ1) is 16.5. The predicted octanol–water partition coefficient (Wildman–Crippen LogP) is 6.17. The van der Waals surface area contributed by atoms with Crippen LogP contribution in [-0.2, 0) is 0 Å². The lowest BCUT2D eigenvalue weighted by Gasteiger charge is -2.34. The van der Waals surface area contributed by atoms with E-state index in [2.05, 4.69) is 30.9 Å². The van der Waals surface area contributed by atoms with Crippen LogP contribution in [0.2, 0.25) is 0 Å². The molecule has 3 aromatic rings. The maximum absolute atomic E-state index is 10.1. The monoisotopic (exact) mass is 477 g/mol. The van der Waals surface area contributed by atoms with E-state index in [4.69, 9.17) is 9.47 Å². The summed E-state index contributed by atoms with van der Waals surface area (Å²) in [7, 11) is 0. The van der Waals surface area contributed by atoms with Gasteiger partial charge in [0, 0.05) is 12.6 Å². The average molecular weight is 478 g/mol. The molecule has 2 aliphatic heterocycles. The summed E-state index contributed by atoms with van der Waals surface area (Å²) in [5, 5.41) is 19.9. The Morgan fingerprint density at radius 3 is 2.50 bits per heavy atom. The molecule has 2 aliphatic rings. The van der Waals surface area contributed by atoms with Crippen LogP contribution in [0.4, 0.5) is 0 Å². The highest BCUT2D eigenvalue weighted by molar-refractivity contribution is 7.99. The molecule has 4 atom stereocenters. The Hall–Kier alpha value is -2.83. The normalized spacial score (nSPS) is 24.4. The first-order valence-corrected chi connectivity index (χ1v) is 12.8. The van der Waals surface area contributed by atoms with Crippen LogP contribution in [0.5, 0.6) is 23.0 Å². The number of ether oxygens (including phenoxy) is 2. The van der Waals surface area contributed by atoms with Crippen molar-refractivity contribution in [2.45, 2.75) is 42.6 Å². The molecular weight excluding hydrogens is 446 g/mol. The average Bonchev–Trinajstić information content (AvgIpc) is 3.16. The molecule has 2 N–H and O–H groups in total. The summed E-state index contributed by atoms with van der Waals surface area (Å²) >= 11 is 1.64.